The first-order valence-corrected chi connectivity index (χ1v) is 17.3. The number of amides is 1. The minimum atomic E-state index is -1.25. The Kier molecular flexibility index (Phi) is 7.59. The van der Waals surface area contributed by atoms with Crippen LogP contribution in [0.4, 0.5) is 14.5 Å². The van der Waals surface area contributed by atoms with E-state index in [1.165, 1.54) is 29.7 Å². The Bertz CT molecular complexity index is 2280. The first kappa shape index (κ1) is 31.9. The second kappa shape index (κ2) is 11.9. The van der Waals surface area contributed by atoms with Crippen LogP contribution in [0.2, 0.25) is 0 Å². The van der Waals surface area contributed by atoms with Crippen molar-refractivity contribution in [3.05, 3.63) is 107 Å². The largest absolute Gasteiger partial charge is 0.498 e. The molecule has 2 aromatic carbocycles. The summed E-state index contributed by atoms with van der Waals surface area (Å²) in [5.74, 6) is -1.04. The summed E-state index contributed by atoms with van der Waals surface area (Å²) in [6.45, 7) is 8.62. The van der Waals surface area contributed by atoms with Gasteiger partial charge < -0.3 is 25.1 Å². The fraction of sp³-hybridized carbons (Fsp3) is 0.263. The van der Waals surface area contributed by atoms with Crippen molar-refractivity contribution >= 4 is 39.2 Å². The molecule has 0 fully saturated rings. The molecule has 3 atom stereocenters. The van der Waals surface area contributed by atoms with Crippen molar-refractivity contribution in [1.29, 1.82) is 5.41 Å². The van der Waals surface area contributed by atoms with Crippen molar-refractivity contribution in [3.63, 3.8) is 0 Å². The fourth-order valence-corrected chi connectivity index (χ4v) is 8.79. The van der Waals surface area contributed by atoms with E-state index in [9.17, 15) is 4.79 Å². The molecule has 5 aromatic rings. The number of nitrogens with zero attached hydrogens (tertiary/aromatic N) is 4. The number of aromatic nitrogens is 3. The number of carbonyl (C=O) groups excluding carboxylic acids is 1. The van der Waals surface area contributed by atoms with Gasteiger partial charge in [-0.25, -0.2) is 13.8 Å². The highest BCUT2D eigenvalue weighted by Gasteiger charge is 2.52. The van der Waals surface area contributed by atoms with Crippen molar-refractivity contribution in [2.45, 2.75) is 44.4 Å². The van der Waals surface area contributed by atoms with Crippen molar-refractivity contribution in [1.82, 2.24) is 19.7 Å². The van der Waals surface area contributed by atoms with Crippen LogP contribution in [0.15, 0.2) is 66.8 Å². The van der Waals surface area contributed by atoms with E-state index in [4.69, 9.17) is 25.0 Å². The average molecular weight is 693 g/mol. The van der Waals surface area contributed by atoms with Gasteiger partial charge in [-0.3, -0.25) is 9.48 Å². The highest BCUT2D eigenvalue weighted by molar-refractivity contribution is 7.18. The van der Waals surface area contributed by atoms with Gasteiger partial charge in [0.15, 0.2) is 0 Å². The molecule has 2 bridgehead atoms. The molecule has 2 N–H and O–H groups in total. The number of benzene rings is 2. The topological polar surface area (TPSA) is 105 Å². The number of anilines is 1. The van der Waals surface area contributed by atoms with Gasteiger partial charge in [0, 0.05) is 76.4 Å². The van der Waals surface area contributed by atoms with Gasteiger partial charge in [0.2, 0.25) is 5.91 Å². The van der Waals surface area contributed by atoms with Crippen LogP contribution in [-0.4, -0.2) is 58.1 Å². The molecule has 0 spiro atoms. The van der Waals surface area contributed by atoms with Gasteiger partial charge >= 0.3 is 0 Å². The number of hydrogen-bond donors (Lipinski definition) is 2. The number of rotatable bonds is 4. The molecule has 254 valence electrons. The zero-order valence-corrected chi connectivity index (χ0v) is 28.5. The first-order valence-electron chi connectivity index (χ1n) is 16.4. The Morgan fingerprint density at radius 3 is 2.80 bits per heavy atom. The van der Waals surface area contributed by atoms with E-state index in [0.717, 1.165) is 21.8 Å². The van der Waals surface area contributed by atoms with E-state index in [1.54, 1.807) is 24.3 Å². The van der Waals surface area contributed by atoms with Gasteiger partial charge in [0.05, 0.1) is 53.1 Å². The first-order chi connectivity index (χ1) is 24.2. The second-order valence-corrected chi connectivity index (χ2v) is 13.7. The van der Waals surface area contributed by atoms with Crippen LogP contribution in [0.1, 0.15) is 54.5 Å². The maximum absolute atomic E-state index is 16.4. The molecule has 0 radical (unpaired) electrons. The Hall–Kier alpha value is -5.36. The molecule has 0 saturated heterocycles. The molecule has 3 aromatic heterocycles. The molecule has 1 amide bonds. The predicted molar refractivity (Wildman–Crippen MR) is 190 cm³/mol. The van der Waals surface area contributed by atoms with Crippen LogP contribution in [0.3, 0.4) is 0 Å². The highest BCUT2D eigenvalue weighted by atomic mass is 32.1. The lowest BCUT2D eigenvalue weighted by Crippen LogP contribution is -2.40. The van der Waals surface area contributed by atoms with Crippen molar-refractivity contribution in [2.24, 2.45) is 0 Å². The van der Waals surface area contributed by atoms with Crippen LogP contribution in [0, 0.1) is 17.0 Å². The van der Waals surface area contributed by atoms with E-state index in [0.29, 0.717) is 63.9 Å². The number of carbonyl (C=O) groups is 1. The van der Waals surface area contributed by atoms with Gasteiger partial charge in [-0.15, -0.1) is 11.3 Å². The fourth-order valence-electron chi connectivity index (χ4n) is 7.85. The summed E-state index contributed by atoms with van der Waals surface area (Å²) in [5, 5.41) is 19.2. The summed E-state index contributed by atoms with van der Waals surface area (Å²) in [4.78, 5) is 20.0. The smallest absolute Gasteiger partial charge is 0.246 e. The molecule has 5 heterocycles. The third-order valence-corrected chi connectivity index (χ3v) is 11.0. The molecule has 0 saturated carbocycles. The zero-order chi connectivity index (χ0) is 34.9. The van der Waals surface area contributed by atoms with E-state index >= 15 is 8.78 Å². The van der Waals surface area contributed by atoms with Gasteiger partial charge in [-0.1, -0.05) is 6.58 Å². The van der Waals surface area contributed by atoms with Crippen LogP contribution in [-0.2, 0) is 21.5 Å². The third-order valence-electron chi connectivity index (χ3n) is 10.1. The summed E-state index contributed by atoms with van der Waals surface area (Å²) in [5.41, 5.74) is 4.52. The Morgan fingerprint density at radius 2 is 2.02 bits per heavy atom. The van der Waals surface area contributed by atoms with Gasteiger partial charge in [-0.05, 0) is 61.2 Å². The molecule has 9 nitrogen and oxygen atoms in total. The summed E-state index contributed by atoms with van der Waals surface area (Å²) in [7, 11) is 1.78. The van der Waals surface area contributed by atoms with Crippen LogP contribution < -0.4 is 10.1 Å². The second-order valence-electron chi connectivity index (χ2n) is 12.8. The van der Waals surface area contributed by atoms with Crippen LogP contribution in [0.25, 0.3) is 32.5 Å². The third kappa shape index (κ3) is 4.61. The number of ether oxygens (including phenoxy) is 2. The minimum Gasteiger partial charge on any atom is -0.498 e. The molecular weight excluding hydrogens is 659 g/mol. The minimum absolute atomic E-state index is 0.181. The Labute approximate surface area is 291 Å². The standard InChI is InChI=1S/C38H34F2N6O3S/c1-5-32(47)45-8-9-46-29(21(45)3)17-31(44-46)38-18-20(2)48-10-6-11-49-30-16-28(42-4)22(19-41)13-25(30)35-24-7-12-50-36(24)34(37(38)43-35)33-26(38)14-23(39)15-27(33)40/h5-7,10,12-17,19-21,41-42H,1,8-9,11,18H2,2-4H3/b10-6-,41-19?/t20-,21-,38?/m0/s1. The monoisotopic (exact) mass is 692 g/mol. The Balaban J connectivity index is 1.49. The molecule has 8 rings (SSSR count). The number of halogens is 2. The highest BCUT2D eigenvalue weighted by Crippen LogP contribution is 2.59. The number of nitrogens with one attached hydrogen (secondary N) is 2. The maximum Gasteiger partial charge on any atom is 0.246 e. The van der Waals surface area contributed by atoms with Crippen molar-refractivity contribution in [2.75, 3.05) is 25.5 Å². The molecule has 1 aliphatic carbocycles. The Morgan fingerprint density at radius 1 is 1.18 bits per heavy atom. The number of fused-ring (bicyclic) bond motifs is 10. The summed E-state index contributed by atoms with van der Waals surface area (Å²) >= 11 is 1.46. The van der Waals surface area contributed by atoms with Crippen molar-refractivity contribution in [3.8, 4) is 28.1 Å². The van der Waals surface area contributed by atoms with Gasteiger partial charge in [-0.2, -0.15) is 5.10 Å². The lowest BCUT2D eigenvalue weighted by Gasteiger charge is -2.33. The SMILES string of the molecule is C=CC(=O)N1CCn2nc(C34C[C@H](C)O/C=C\COc5cc(NC)c(C=N)cc5-c5nc3c(c3sccc53)-c3c(F)cc(F)cc34)cc2[C@@H]1C. The lowest BCUT2D eigenvalue weighted by atomic mass is 9.73. The number of pyridine rings is 1. The quantitative estimate of drug-likeness (QED) is 0.149. The zero-order valence-electron chi connectivity index (χ0n) is 27.7. The van der Waals surface area contributed by atoms with E-state index in [2.05, 4.69) is 11.9 Å². The molecule has 2 aliphatic heterocycles. The predicted octanol–water partition coefficient (Wildman–Crippen LogP) is 7.58. The summed E-state index contributed by atoms with van der Waals surface area (Å²) in [6.07, 6.45) is 5.73. The lowest BCUT2D eigenvalue weighted by molar-refractivity contribution is -0.129. The normalized spacial score (nSPS) is 21.3. The van der Waals surface area contributed by atoms with Crippen LogP contribution >= 0.6 is 11.3 Å². The molecule has 3 aliphatic rings. The molecule has 50 heavy (non-hydrogen) atoms. The molecule has 1 unspecified atom stereocenters. The van der Waals surface area contributed by atoms with E-state index in [-0.39, 0.29) is 30.5 Å². The van der Waals surface area contributed by atoms with Gasteiger partial charge in [0.25, 0.3) is 0 Å². The average Bonchev–Trinajstić information content (AvgIpc) is 3.83. The summed E-state index contributed by atoms with van der Waals surface area (Å²) in [6, 6.07) is 9.61. The van der Waals surface area contributed by atoms with E-state index in [1.807, 2.05) is 48.2 Å². The number of hydrogen-bond acceptors (Lipinski definition) is 8. The van der Waals surface area contributed by atoms with Crippen LogP contribution in [0.5, 0.6) is 5.75 Å². The molecule has 12 heteroatoms. The molecular formula is C38H34F2N6O3S. The van der Waals surface area contributed by atoms with E-state index < -0.39 is 23.2 Å². The van der Waals surface area contributed by atoms with Crippen molar-refractivity contribution < 1.29 is 23.0 Å². The number of thiophene rings is 1. The summed E-state index contributed by atoms with van der Waals surface area (Å²) < 4.78 is 47.1. The maximum atomic E-state index is 16.4. The van der Waals surface area contributed by atoms with Gasteiger partial charge in [0.1, 0.15) is 24.0 Å².